The number of methoxy groups -OCH3 is 4. The van der Waals surface area contributed by atoms with E-state index in [2.05, 4.69) is 20.8 Å². The van der Waals surface area contributed by atoms with Crippen molar-refractivity contribution >= 4 is 18.2 Å². The molecule has 0 aliphatic heterocycles. The van der Waals surface area contributed by atoms with Crippen molar-refractivity contribution in [3.05, 3.63) is 89.0 Å². The smallest absolute Gasteiger partial charge is 0.412 e. The lowest BCUT2D eigenvalue weighted by molar-refractivity contribution is 0.198. The Morgan fingerprint density at radius 1 is 0.755 bits per heavy atom. The number of nitrogens with zero attached hydrogens (tertiary/aromatic N) is 3. The molecule has 0 saturated heterocycles. The van der Waals surface area contributed by atoms with Gasteiger partial charge in [0.15, 0.2) is 28.8 Å². The van der Waals surface area contributed by atoms with E-state index in [4.69, 9.17) is 23.7 Å². The van der Waals surface area contributed by atoms with Crippen molar-refractivity contribution in [1.29, 1.82) is 0 Å². The Bertz CT molecular complexity index is 2050. The van der Waals surface area contributed by atoms with Crippen molar-refractivity contribution in [2.24, 2.45) is 0 Å². The van der Waals surface area contributed by atoms with Crippen LogP contribution in [0.4, 0.5) is 4.79 Å². The molecular formula is C39H43N5O9. The van der Waals surface area contributed by atoms with E-state index in [1.807, 2.05) is 56.3 Å². The maximum atomic E-state index is 12.7. The van der Waals surface area contributed by atoms with Gasteiger partial charge in [-0.05, 0) is 70.6 Å². The third kappa shape index (κ3) is 8.91. The number of amides is 1. The lowest BCUT2D eigenvalue weighted by atomic mass is 9.98. The Labute approximate surface area is 307 Å². The topological polar surface area (TPSA) is 179 Å². The van der Waals surface area contributed by atoms with Gasteiger partial charge < -0.3 is 49.6 Å². The summed E-state index contributed by atoms with van der Waals surface area (Å²) >= 11 is 0. The summed E-state index contributed by atoms with van der Waals surface area (Å²) in [4.78, 5) is 12.7. The van der Waals surface area contributed by atoms with Gasteiger partial charge in [-0.2, -0.15) is 0 Å². The molecule has 53 heavy (non-hydrogen) atoms. The van der Waals surface area contributed by atoms with Crippen LogP contribution < -0.4 is 34.3 Å². The highest BCUT2D eigenvalue weighted by molar-refractivity contribution is 5.76. The summed E-state index contributed by atoms with van der Waals surface area (Å²) in [7, 11) is 6.16. The molecule has 5 aromatic rings. The normalized spacial score (nSPS) is 11.2. The summed E-state index contributed by atoms with van der Waals surface area (Å²) in [5.74, 6) is 2.22. The molecule has 0 bridgehead atoms. The molecule has 0 spiro atoms. The average Bonchev–Trinajstić information content (AvgIpc) is 3.53. The van der Waals surface area contributed by atoms with Gasteiger partial charge in [0.25, 0.3) is 0 Å². The molecule has 1 heterocycles. The summed E-state index contributed by atoms with van der Waals surface area (Å²) in [5.41, 5.74) is 4.06. The van der Waals surface area contributed by atoms with Crippen molar-refractivity contribution in [1.82, 2.24) is 25.4 Å². The van der Waals surface area contributed by atoms with Crippen LogP contribution in [0.25, 0.3) is 29.2 Å². The van der Waals surface area contributed by atoms with E-state index in [9.17, 15) is 20.1 Å². The van der Waals surface area contributed by atoms with Gasteiger partial charge in [0.2, 0.25) is 5.75 Å². The first-order chi connectivity index (χ1) is 25.6. The molecule has 1 aromatic heterocycles. The number of hydrogen-bond acceptors (Lipinski definition) is 12. The highest BCUT2D eigenvalue weighted by atomic mass is 16.6. The molecule has 4 aromatic carbocycles. The standard InChI is InChI=1S/C39H43N5O9/c1-23(2)28-20-29(31(46)21-30(28)45)37-42-43-38(47)44(37)27-12-9-25(10-13-27)22-40-15-16-41-39(48)53-33-17-24(11-14-32(33)49-3)7-8-26-18-34(50-4)36(52-6)35(19-26)51-5/h7-14,17-21,23,40,45-46H,15-16,22H2,1-6H3,(H,41,48)(H,43,47)/b8-7-. The van der Waals surface area contributed by atoms with Crippen LogP contribution in [0.15, 0.2) is 66.7 Å². The Hall–Kier alpha value is -6.41. The highest BCUT2D eigenvalue weighted by Gasteiger charge is 2.21. The predicted octanol–water partition coefficient (Wildman–Crippen LogP) is 6.26. The van der Waals surface area contributed by atoms with Crippen LogP contribution in [0.5, 0.6) is 46.3 Å². The zero-order valence-corrected chi connectivity index (χ0v) is 30.3. The average molecular weight is 726 g/mol. The van der Waals surface area contributed by atoms with Crippen molar-refractivity contribution in [2.75, 3.05) is 41.5 Å². The van der Waals surface area contributed by atoms with Crippen LogP contribution in [0.3, 0.4) is 0 Å². The molecule has 0 aliphatic rings. The van der Waals surface area contributed by atoms with E-state index >= 15 is 0 Å². The number of phenols is 2. The minimum absolute atomic E-state index is 0.00999. The van der Waals surface area contributed by atoms with Crippen molar-refractivity contribution in [2.45, 2.75) is 26.3 Å². The van der Waals surface area contributed by atoms with Gasteiger partial charge >= 0.3 is 12.1 Å². The quantitative estimate of drug-likeness (QED) is 0.0606. The Balaban J connectivity index is 1.15. The molecule has 5 N–H and O–H groups in total. The van der Waals surface area contributed by atoms with E-state index in [1.54, 1.807) is 51.7 Å². The van der Waals surface area contributed by atoms with Crippen molar-refractivity contribution < 1.29 is 43.8 Å². The van der Waals surface area contributed by atoms with Gasteiger partial charge in [0, 0.05) is 25.7 Å². The van der Waals surface area contributed by atoms with E-state index in [0.717, 1.165) is 16.7 Å². The van der Waals surface area contributed by atoms with Crippen LogP contribution in [0.2, 0.25) is 0 Å². The van der Waals surface area contributed by atoms with Gasteiger partial charge in [0.1, 0.15) is 11.5 Å². The molecule has 0 atom stereocenters. The minimum Gasteiger partial charge on any atom is -0.508 e. The van der Waals surface area contributed by atoms with Crippen LogP contribution in [0.1, 0.15) is 42.0 Å². The number of aromatic hydroxyl groups is 3. The third-order valence-corrected chi connectivity index (χ3v) is 8.29. The second-order valence-electron chi connectivity index (χ2n) is 12.1. The molecule has 0 aliphatic carbocycles. The van der Waals surface area contributed by atoms with Crippen LogP contribution in [-0.2, 0) is 6.54 Å². The van der Waals surface area contributed by atoms with E-state index in [1.165, 1.54) is 17.7 Å². The second kappa shape index (κ2) is 17.2. The molecule has 0 radical (unpaired) electrons. The van der Waals surface area contributed by atoms with E-state index in [-0.39, 0.29) is 35.0 Å². The predicted molar refractivity (Wildman–Crippen MR) is 200 cm³/mol. The molecule has 14 nitrogen and oxygen atoms in total. The number of hydrogen-bond donors (Lipinski definition) is 5. The summed E-state index contributed by atoms with van der Waals surface area (Å²) in [5, 5.41) is 45.2. The summed E-state index contributed by atoms with van der Waals surface area (Å²) < 4.78 is 28.7. The molecule has 0 unspecified atom stereocenters. The fourth-order valence-electron chi connectivity index (χ4n) is 5.58. The zero-order chi connectivity index (χ0) is 38.1. The Morgan fingerprint density at radius 2 is 1.42 bits per heavy atom. The van der Waals surface area contributed by atoms with Gasteiger partial charge in [-0.25, -0.2) is 9.36 Å². The Morgan fingerprint density at radius 3 is 2.06 bits per heavy atom. The third-order valence-electron chi connectivity index (χ3n) is 8.29. The number of nitrogens with one attached hydrogen (secondary N) is 2. The number of benzene rings is 4. The van der Waals surface area contributed by atoms with Crippen LogP contribution >= 0.6 is 0 Å². The Kier molecular flexibility index (Phi) is 12.3. The summed E-state index contributed by atoms with van der Waals surface area (Å²) in [6.07, 6.45) is 3.10. The largest absolute Gasteiger partial charge is 0.508 e. The van der Waals surface area contributed by atoms with E-state index in [0.29, 0.717) is 59.4 Å². The van der Waals surface area contributed by atoms with Crippen molar-refractivity contribution in [3.8, 4) is 63.3 Å². The van der Waals surface area contributed by atoms with Gasteiger partial charge in [0.05, 0.1) is 39.7 Å². The molecular weight excluding hydrogens is 682 g/mol. The monoisotopic (exact) mass is 725 g/mol. The number of phenolic OH excluding ortho intramolecular Hbond substituents is 2. The first kappa shape index (κ1) is 37.8. The fourth-order valence-corrected chi connectivity index (χ4v) is 5.58. The molecule has 5 rings (SSSR count). The summed E-state index contributed by atoms with van der Waals surface area (Å²) in [6, 6.07) is 18.8. The van der Waals surface area contributed by atoms with Gasteiger partial charge in [-0.3, -0.25) is 0 Å². The lowest BCUT2D eigenvalue weighted by Crippen LogP contribution is -2.33. The van der Waals surface area contributed by atoms with Crippen molar-refractivity contribution in [3.63, 3.8) is 0 Å². The highest BCUT2D eigenvalue weighted by Crippen LogP contribution is 2.40. The molecule has 14 heteroatoms. The maximum Gasteiger partial charge on any atom is 0.412 e. The van der Waals surface area contributed by atoms with Crippen LogP contribution in [-0.4, -0.2) is 77.7 Å². The summed E-state index contributed by atoms with van der Waals surface area (Å²) in [6.45, 7) is 5.10. The van der Waals surface area contributed by atoms with Gasteiger partial charge in [-0.1, -0.05) is 49.3 Å². The first-order valence-corrected chi connectivity index (χ1v) is 16.7. The molecule has 0 fully saturated rings. The lowest BCUT2D eigenvalue weighted by Gasteiger charge is -2.14. The molecule has 0 saturated carbocycles. The number of rotatable bonds is 15. The second-order valence-corrected chi connectivity index (χ2v) is 12.1. The SMILES string of the molecule is COc1ccc(/C=C\c2cc(OC)c(OC)c(OC)c2)cc1OC(=O)NCCNCc1ccc(-n2c(O)nnc2-c2cc(C(C)C)c(O)cc2O)cc1. The van der Waals surface area contributed by atoms with E-state index < -0.39 is 6.09 Å². The van der Waals surface area contributed by atoms with Crippen LogP contribution in [0, 0.1) is 0 Å². The fraction of sp³-hybridized carbons (Fsp3) is 0.256. The molecule has 1 amide bonds. The molecule has 278 valence electrons. The number of carbonyl (C=O) groups excluding carboxylic acids is 1. The maximum absolute atomic E-state index is 12.7. The minimum atomic E-state index is -0.634. The number of carbonyl (C=O) groups is 1. The van der Waals surface area contributed by atoms with Gasteiger partial charge in [-0.15, -0.1) is 5.10 Å². The number of aromatic nitrogens is 3. The number of ether oxygens (including phenoxy) is 5. The zero-order valence-electron chi connectivity index (χ0n) is 30.3. The first-order valence-electron chi connectivity index (χ1n) is 16.7.